The summed E-state index contributed by atoms with van der Waals surface area (Å²) in [6.45, 7) is 0.153. The maximum Gasteiger partial charge on any atom is 0.392 e. The topological polar surface area (TPSA) is 57.6 Å². The SMILES string of the molecule is CN(Cc1ccc(C(=O)O)cc1)C(=O)[C@H]1CCCC[C@H]1C(F)(F)F. The lowest BCUT2D eigenvalue weighted by molar-refractivity contribution is -0.200. The normalized spacial score (nSPS) is 21.3. The van der Waals surface area contributed by atoms with Crippen LogP contribution in [0.3, 0.4) is 0 Å². The van der Waals surface area contributed by atoms with Gasteiger partial charge in [0.15, 0.2) is 0 Å². The number of hydrogen-bond acceptors (Lipinski definition) is 2. The maximum absolute atomic E-state index is 13.1. The van der Waals surface area contributed by atoms with Gasteiger partial charge in [-0.2, -0.15) is 13.2 Å². The summed E-state index contributed by atoms with van der Waals surface area (Å²) in [7, 11) is 1.48. The fraction of sp³-hybridized carbons (Fsp3) is 0.529. The Morgan fingerprint density at radius 2 is 1.75 bits per heavy atom. The molecule has 1 amide bonds. The van der Waals surface area contributed by atoms with Crippen LogP contribution >= 0.6 is 0 Å². The Labute approximate surface area is 138 Å². The van der Waals surface area contributed by atoms with Crippen molar-refractivity contribution in [2.75, 3.05) is 7.05 Å². The number of nitrogens with zero attached hydrogens (tertiary/aromatic N) is 1. The van der Waals surface area contributed by atoms with Crippen molar-refractivity contribution in [2.24, 2.45) is 11.8 Å². The summed E-state index contributed by atoms with van der Waals surface area (Å²) in [5.41, 5.74) is 0.798. The van der Waals surface area contributed by atoms with Crippen LogP contribution in [0.15, 0.2) is 24.3 Å². The summed E-state index contributed by atoms with van der Waals surface area (Å²) in [5.74, 6) is -4.15. The van der Waals surface area contributed by atoms with Gasteiger partial charge in [0.25, 0.3) is 0 Å². The molecule has 0 radical (unpaired) electrons. The summed E-state index contributed by atoms with van der Waals surface area (Å²) >= 11 is 0. The summed E-state index contributed by atoms with van der Waals surface area (Å²) in [6, 6.07) is 5.95. The minimum absolute atomic E-state index is 0.00105. The Morgan fingerprint density at radius 3 is 2.29 bits per heavy atom. The quantitative estimate of drug-likeness (QED) is 0.907. The first-order chi connectivity index (χ1) is 11.2. The van der Waals surface area contributed by atoms with E-state index in [0.29, 0.717) is 18.4 Å². The second-order valence-corrected chi connectivity index (χ2v) is 6.24. The van der Waals surface area contributed by atoms with Crippen molar-refractivity contribution in [2.45, 2.75) is 38.4 Å². The zero-order valence-corrected chi connectivity index (χ0v) is 13.3. The molecule has 1 fully saturated rings. The number of carbonyl (C=O) groups excluding carboxylic acids is 1. The fourth-order valence-electron chi connectivity index (χ4n) is 3.21. The summed E-state index contributed by atoms with van der Waals surface area (Å²) in [4.78, 5) is 24.6. The van der Waals surface area contributed by atoms with E-state index in [0.717, 1.165) is 0 Å². The van der Waals surface area contributed by atoms with Crippen LogP contribution in [0.4, 0.5) is 13.2 Å². The molecular weight excluding hydrogens is 323 g/mol. The van der Waals surface area contributed by atoms with Crippen molar-refractivity contribution in [3.63, 3.8) is 0 Å². The fourth-order valence-corrected chi connectivity index (χ4v) is 3.21. The highest BCUT2D eigenvalue weighted by Gasteiger charge is 2.48. The number of carbonyl (C=O) groups is 2. The van der Waals surface area contributed by atoms with Crippen molar-refractivity contribution in [3.8, 4) is 0 Å². The van der Waals surface area contributed by atoms with Crippen molar-refractivity contribution < 1.29 is 27.9 Å². The summed E-state index contributed by atoms with van der Waals surface area (Å²) in [6.07, 6.45) is -2.98. The molecule has 0 aliphatic heterocycles. The molecule has 1 aromatic rings. The number of hydrogen-bond donors (Lipinski definition) is 1. The molecular formula is C17H20F3NO3. The number of carboxylic acid groups (broad SMARTS) is 1. The van der Waals surface area contributed by atoms with Crippen LogP contribution in [0.1, 0.15) is 41.6 Å². The lowest BCUT2D eigenvalue weighted by Gasteiger charge is -2.34. The minimum Gasteiger partial charge on any atom is -0.478 e. The largest absolute Gasteiger partial charge is 0.478 e. The lowest BCUT2D eigenvalue weighted by atomic mass is 9.78. The highest BCUT2D eigenvalue weighted by atomic mass is 19.4. The van der Waals surface area contributed by atoms with Crippen LogP contribution < -0.4 is 0 Å². The van der Waals surface area contributed by atoms with Crippen LogP contribution in [0.5, 0.6) is 0 Å². The smallest absolute Gasteiger partial charge is 0.392 e. The van der Waals surface area contributed by atoms with Gasteiger partial charge in [0, 0.05) is 19.5 Å². The molecule has 0 saturated heterocycles. The van der Waals surface area contributed by atoms with Crippen molar-refractivity contribution >= 4 is 11.9 Å². The van der Waals surface area contributed by atoms with E-state index in [1.54, 1.807) is 12.1 Å². The van der Waals surface area contributed by atoms with E-state index >= 15 is 0 Å². The molecule has 132 valence electrons. The van der Waals surface area contributed by atoms with Gasteiger partial charge in [-0.15, -0.1) is 0 Å². The third kappa shape index (κ3) is 4.27. The Kier molecular flexibility index (Phi) is 5.51. The zero-order valence-electron chi connectivity index (χ0n) is 13.3. The highest BCUT2D eigenvalue weighted by Crippen LogP contribution is 2.42. The Bertz CT molecular complexity index is 598. The van der Waals surface area contributed by atoms with E-state index in [4.69, 9.17) is 5.11 Å². The van der Waals surface area contributed by atoms with Gasteiger partial charge in [-0.25, -0.2) is 4.79 Å². The van der Waals surface area contributed by atoms with Gasteiger partial charge < -0.3 is 10.0 Å². The average Bonchev–Trinajstić information content (AvgIpc) is 2.53. The van der Waals surface area contributed by atoms with E-state index in [9.17, 15) is 22.8 Å². The molecule has 0 aromatic heterocycles. The van der Waals surface area contributed by atoms with Crippen LogP contribution in [-0.2, 0) is 11.3 Å². The second kappa shape index (κ2) is 7.23. The van der Waals surface area contributed by atoms with Crippen molar-refractivity contribution in [1.82, 2.24) is 4.90 Å². The molecule has 1 N–H and O–H groups in total. The molecule has 1 aromatic carbocycles. The summed E-state index contributed by atoms with van der Waals surface area (Å²) < 4.78 is 39.4. The molecule has 1 aliphatic rings. The Balaban J connectivity index is 2.06. The van der Waals surface area contributed by atoms with E-state index in [-0.39, 0.29) is 24.9 Å². The third-order valence-corrected chi connectivity index (χ3v) is 4.50. The van der Waals surface area contributed by atoms with Crippen LogP contribution in [0.25, 0.3) is 0 Å². The predicted octanol–water partition coefficient (Wildman–Crippen LogP) is 3.71. The maximum atomic E-state index is 13.1. The van der Waals surface area contributed by atoms with E-state index in [2.05, 4.69) is 0 Å². The molecule has 0 spiro atoms. The molecule has 0 unspecified atom stereocenters. The molecule has 2 rings (SSSR count). The van der Waals surface area contributed by atoms with Gasteiger partial charge in [-0.05, 0) is 30.5 Å². The number of benzene rings is 1. The zero-order chi connectivity index (χ0) is 17.9. The predicted molar refractivity (Wildman–Crippen MR) is 81.4 cm³/mol. The standard InChI is InChI=1S/C17H20F3NO3/c1-21(10-11-6-8-12(9-7-11)16(23)24)15(22)13-4-2-3-5-14(13)17(18,19)20/h6-9,13-14H,2-5,10H2,1H3,(H,23,24)/t13-,14+/m0/s1. The molecule has 2 atom stereocenters. The molecule has 4 nitrogen and oxygen atoms in total. The van der Waals surface area contributed by atoms with Crippen LogP contribution in [0, 0.1) is 11.8 Å². The second-order valence-electron chi connectivity index (χ2n) is 6.24. The molecule has 7 heteroatoms. The number of amides is 1. The first kappa shape index (κ1) is 18.3. The minimum atomic E-state index is -4.36. The molecule has 24 heavy (non-hydrogen) atoms. The molecule has 1 aliphatic carbocycles. The number of alkyl halides is 3. The first-order valence-electron chi connectivity index (χ1n) is 7.84. The lowest BCUT2D eigenvalue weighted by Crippen LogP contribution is -2.43. The van der Waals surface area contributed by atoms with E-state index < -0.39 is 29.9 Å². The van der Waals surface area contributed by atoms with Crippen molar-refractivity contribution in [3.05, 3.63) is 35.4 Å². The van der Waals surface area contributed by atoms with Gasteiger partial charge in [0.1, 0.15) is 0 Å². The third-order valence-electron chi connectivity index (χ3n) is 4.50. The molecule has 0 heterocycles. The van der Waals surface area contributed by atoms with Crippen molar-refractivity contribution in [1.29, 1.82) is 0 Å². The monoisotopic (exact) mass is 343 g/mol. The van der Waals surface area contributed by atoms with Crippen LogP contribution in [0.2, 0.25) is 0 Å². The number of halogens is 3. The molecule has 1 saturated carbocycles. The van der Waals surface area contributed by atoms with Gasteiger partial charge >= 0.3 is 12.1 Å². The van der Waals surface area contributed by atoms with E-state index in [1.165, 1.54) is 24.1 Å². The van der Waals surface area contributed by atoms with Gasteiger partial charge in [0.2, 0.25) is 5.91 Å². The number of carboxylic acids is 1. The average molecular weight is 343 g/mol. The summed E-state index contributed by atoms with van der Waals surface area (Å²) in [5, 5.41) is 8.85. The van der Waals surface area contributed by atoms with Crippen LogP contribution in [-0.4, -0.2) is 35.1 Å². The number of aromatic carboxylic acids is 1. The van der Waals surface area contributed by atoms with Gasteiger partial charge in [-0.3, -0.25) is 4.79 Å². The molecule has 0 bridgehead atoms. The first-order valence-corrected chi connectivity index (χ1v) is 7.84. The number of rotatable bonds is 4. The Hall–Kier alpha value is -2.05. The van der Waals surface area contributed by atoms with Gasteiger partial charge in [0.05, 0.1) is 11.5 Å². The van der Waals surface area contributed by atoms with Gasteiger partial charge in [-0.1, -0.05) is 25.0 Å². The Morgan fingerprint density at radius 1 is 1.17 bits per heavy atom. The highest BCUT2D eigenvalue weighted by molar-refractivity contribution is 5.87. The van der Waals surface area contributed by atoms with E-state index in [1.807, 2.05) is 0 Å².